The van der Waals surface area contributed by atoms with E-state index < -0.39 is 49.6 Å². The Morgan fingerprint density at radius 2 is 2.00 bits per heavy atom. The van der Waals surface area contributed by atoms with Gasteiger partial charge in [0.05, 0.1) is 17.6 Å². The number of carbonyl (C=O) groups excluding carboxylic acids is 1. The summed E-state index contributed by atoms with van der Waals surface area (Å²) in [6, 6.07) is 2.41. The molecule has 2 heterocycles. The molecular weight excluding hydrogens is 389 g/mol. The van der Waals surface area contributed by atoms with Crippen molar-refractivity contribution in [2.45, 2.75) is 30.0 Å². The number of aromatic amines is 1. The fourth-order valence-corrected chi connectivity index (χ4v) is 4.84. The molecule has 1 saturated heterocycles. The summed E-state index contributed by atoms with van der Waals surface area (Å²) in [7, 11) is -3.10. The number of hydrogen-bond acceptors (Lipinski definition) is 5. The normalized spacial score (nSPS) is 18.7. The molecule has 0 radical (unpaired) electrons. The number of aromatic nitrogens is 1. The van der Waals surface area contributed by atoms with E-state index in [1.807, 2.05) is 0 Å². The number of sulfonamides is 1. The Labute approximate surface area is 151 Å². The Morgan fingerprint density at radius 1 is 1.30 bits per heavy atom. The van der Waals surface area contributed by atoms with E-state index in [1.54, 1.807) is 0 Å². The lowest BCUT2D eigenvalue weighted by molar-refractivity contribution is -0.144. The molecule has 1 aromatic heterocycles. The summed E-state index contributed by atoms with van der Waals surface area (Å²) in [5.41, 5.74) is -2.32. The fraction of sp³-hybridized carbons (Fsp3) is 0.375. The van der Waals surface area contributed by atoms with Crippen molar-refractivity contribution in [2.24, 2.45) is 0 Å². The van der Waals surface area contributed by atoms with Crippen LogP contribution in [0.2, 0.25) is 0 Å². The van der Waals surface area contributed by atoms with Gasteiger partial charge in [0.1, 0.15) is 6.04 Å². The van der Waals surface area contributed by atoms with Crippen LogP contribution in [0.5, 0.6) is 0 Å². The highest BCUT2D eigenvalue weighted by molar-refractivity contribution is 7.89. The van der Waals surface area contributed by atoms with E-state index in [-0.39, 0.29) is 18.5 Å². The van der Waals surface area contributed by atoms with Crippen molar-refractivity contribution >= 4 is 26.9 Å². The van der Waals surface area contributed by atoms with Gasteiger partial charge in [-0.1, -0.05) is 0 Å². The first-order valence-corrected chi connectivity index (χ1v) is 9.33. The third-order valence-corrected chi connectivity index (χ3v) is 6.31. The zero-order valence-electron chi connectivity index (χ0n) is 14.0. The zero-order chi connectivity index (χ0) is 20.0. The first-order valence-electron chi connectivity index (χ1n) is 7.89. The summed E-state index contributed by atoms with van der Waals surface area (Å²) in [6.07, 6.45) is -4.15. The van der Waals surface area contributed by atoms with Crippen LogP contribution in [0.15, 0.2) is 34.0 Å². The lowest BCUT2D eigenvalue weighted by Crippen LogP contribution is -2.41. The summed E-state index contributed by atoms with van der Waals surface area (Å²) in [5, 5.41) is -0.447. The van der Waals surface area contributed by atoms with Crippen LogP contribution in [0.25, 0.3) is 10.9 Å². The molecule has 1 fully saturated rings. The molecule has 1 aliphatic rings. The van der Waals surface area contributed by atoms with Gasteiger partial charge < -0.3 is 9.72 Å². The number of ether oxygens (including phenoxy) is 1. The second-order valence-electron chi connectivity index (χ2n) is 6.05. The summed E-state index contributed by atoms with van der Waals surface area (Å²) in [4.78, 5) is 25.1. The molecule has 3 rings (SSSR count). The Hall–Kier alpha value is -2.40. The van der Waals surface area contributed by atoms with E-state index in [4.69, 9.17) is 0 Å². The predicted molar refractivity (Wildman–Crippen MR) is 88.5 cm³/mol. The predicted octanol–water partition coefficient (Wildman–Crippen LogP) is 1.87. The Morgan fingerprint density at radius 3 is 2.63 bits per heavy atom. The molecular formula is C16H15F3N2O5S. The number of fused-ring (bicyclic) bond motifs is 1. The fourth-order valence-electron chi connectivity index (χ4n) is 3.16. The van der Waals surface area contributed by atoms with Crippen LogP contribution < -0.4 is 5.56 Å². The molecule has 1 aromatic carbocycles. The van der Waals surface area contributed by atoms with Crippen molar-refractivity contribution in [1.82, 2.24) is 9.29 Å². The molecule has 0 saturated carbocycles. The van der Waals surface area contributed by atoms with Gasteiger partial charge in [0.2, 0.25) is 15.6 Å². The third-order valence-electron chi connectivity index (χ3n) is 4.40. The number of methoxy groups -OCH3 is 1. The van der Waals surface area contributed by atoms with E-state index in [9.17, 15) is 31.2 Å². The highest BCUT2D eigenvalue weighted by Gasteiger charge is 2.40. The molecule has 2 aromatic rings. The van der Waals surface area contributed by atoms with E-state index >= 15 is 0 Å². The number of halogens is 3. The first-order chi connectivity index (χ1) is 12.6. The van der Waals surface area contributed by atoms with Gasteiger partial charge in [-0.2, -0.15) is 17.5 Å². The number of esters is 1. The minimum Gasteiger partial charge on any atom is -0.468 e. The molecule has 0 unspecified atom stereocenters. The van der Waals surface area contributed by atoms with Gasteiger partial charge in [0, 0.05) is 23.5 Å². The number of H-pyrrole nitrogens is 1. The second-order valence-corrected chi connectivity index (χ2v) is 7.94. The second kappa shape index (κ2) is 6.64. The van der Waals surface area contributed by atoms with Crippen LogP contribution in [-0.2, 0) is 25.7 Å². The number of carbonyl (C=O) groups is 1. The smallest absolute Gasteiger partial charge is 0.417 e. The minimum atomic E-state index is -4.84. The molecule has 1 atom stereocenters. The van der Waals surface area contributed by atoms with Gasteiger partial charge >= 0.3 is 12.1 Å². The van der Waals surface area contributed by atoms with E-state index in [1.165, 1.54) is 0 Å². The molecule has 0 amide bonds. The number of hydrogen-bond donors (Lipinski definition) is 1. The van der Waals surface area contributed by atoms with Gasteiger partial charge in [-0.3, -0.25) is 9.59 Å². The summed E-state index contributed by atoms with van der Waals surface area (Å²) in [5.74, 6) is -0.725. The van der Waals surface area contributed by atoms with Crippen molar-refractivity contribution in [3.8, 4) is 0 Å². The summed E-state index contributed by atoms with van der Waals surface area (Å²) in [6.45, 7) is 0.0535. The first kappa shape index (κ1) is 19.4. The maximum atomic E-state index is 13.3. The number of pyridine rings is 1. The van der Waals surface area contributed by atoms with Crippen molar-refractivity contribution in [3.05, 3.63) is 40.2 Å². The number of nitrogens with one attached hydrogen (secondary N) is 1. The quantitative estimate of drug-likeness (QED) is 0.788. The standard InChI is InChI=1S/C16H15F3N2O5S/c1-26-15(23)13-3-2-6-21(13)27(24,25)9-4-5-12-10(7-9)11(16(17,18)19)8-14(22)20-12/h4-5,7-8,13H,2-3,6H2,1H3,(H,20,22)/t13-/m0/s1. The van der Waals surface area contributed by atoms with E-state index in [2.05, 4.69) is 9.72 Å². The highest BCUT2D eigenvalue weighted by Crippen LogP contribution is 2.35. The monoisotopic (exact) mass is 404 g/mol. The minimum absolute atomic E-state index is 0.0535. The summed E-state index contributed by atoms with van der Waals surface area (Å²) >= 11 is 0. The maximum absolute atomic E-state index is 13.3. The molecule has 1 aliphatic heterocycles. The molecule has 11 heteroatoms. The molecule has 0 aliphatic carbocycles. The topological polar surface area (TPSA) is 96.5 Å². The average molecular weight is 404 g/mol. The van der Waals surface area contributed by atoms with E-state index in [0.717, 1.165) is 29.6 Å². The zero-order valence-corrected chi connectivity index (χ0v) is 14.9. The van der Waals surface area contributed by atoms with Crippen molar-refractivity contribution in [3.63, 3.8) is 0 Å². The molecule has 1 N–H and O–H groups in total. The highest BCUT2D eigenvalue weighted by atomic mass is 32.2. The Balaban J connectivity index is 2.16. The van der Waals surface area contributed by atoms with E-state index in [0.29, 0.717) is 12.5 Å². The van der Waals surface area contributed by atoms with Gasteiger partial charge in [-0.25, -0.2) is 8.42 Å². The molecule has 0 spiro atoms. The maximum Gasteiger partial charge on any atom is 0.417 e. The van der Waals surface area contributed by atoms with Crippen LogP contribution in [0.3, 0.4) is 0 Å². The van der Waals surface area contributed by atoms with Gasteiger partial charge in [0.25, 0.3) is 0 Å². The average Bonchev–Trinajstić information content (AvgIpc) is 3.09. The van der Waals surface area contributed by atoms with Crippen molar-refractivity contribution in [2.75, 3.05) is 13.7 Å². The van der Waals surface area contributed by atoms with Gasteiger partial charge in [0.15, 0.2) is 0 Å². The van der Waals surface area contributed by atoms with Gasteiger partial charge in [-0.15, -0.1) is 0 Å². The van der Waals surface area contributed by atoms with Crippen molar-refractivity contribution in [1.29, 1.82) is 0 Å². The van der Waals surface area contributed by atoms with Gasteiger partial charge in [-0.05, 0) is 31.0 Å². The number of benzene rings is 1. The summed E-state index contributed by atoms with van der Waals surface area (Å²) < 4.78 is 71.1. The number of rotatable bonds is 3. The number of alkyl halides is 3. The molecule has 27 heavy (non-hydrogen) atoms. The number of nitrogens with zero attached hydrogens (tertiary/aromatic N) is 1. The lowest BCUT2D eigenvalue weighted by Gasteiger charge is -2.22. The van der Waals surface area contributed by atoms with Crippen LogP contribution >= 0.6 is 0 Å². The Kier molecular flexibility index (Phi) is 4.76. The lowest BCUT2D eigenvalue weighted by atomic mass is 10.1. The molecule has 0 bridgehead atoms. The molecule has 146 valence electrons. The van der Waals surface area contributed by atoms with Crippen LogP contribution in [-0.4, -0.2) is 43.4 Å². The van der Waals surface area contributed by atoms with Crippen LogP contribution in [0, 0.1) is 0 Å². The third kappa shape index (κ3) is 3.44. The van der Waals surface area contributed by atoms with Crippen LogP contribution in [0.1, 0.15) is 18.4 Å². The van der Waals surface area contributed by atoms with Crippen molar-refractivity contribution < 1.29 is 31.1 Å². The molecule has 7 nitrogen and oxygen atoms in total. The SMILES string of the molecule is COC(=O)[C@@H]1CCCN1S(=O)(=O)c1ccc2[nH]c(=O)cc(C(F)(F)F)c2c1. The van der Waals surface area contributed by atoms with Crippen LogP contribution in [0.4, 0.5) is 13.2 Å². The largest absolute Gasteiger partial charge is 0.468 e. The Bertz CT molecular complexity index is 1060.